The van der Waals surface area contributed by atoms with Crippen LogP contribution in [0.3, 0.4) is 0 Å². The third-order valence-corrected chi connectivity index (χ3v) is 4.83. The van der Waals surface area contributed by atoms with Crippen molar-refractivity contribution < 1.29 is 19.1 Å². The van der Waals surface area contributed by atoms with Crippen molar-refractivity contribution in [3.63, 3.8) is 0 Å². The second-order valence-electron chi connectivity index (χ2n) is 6.07. The van der Waals surface area contributed by atoms with Gasteiger partial charge >= 0.3 is 11.9 Å². The van der Waals surface area contributed by atoms with Crippen LogP contribution in [0.1, 0.15) is 17.5 Å². The third kappa shape index (κ3) is 2.91. The summed E-state index contributed by atoms with van der Waals surface area (Å²) in [7, 11) is 2.72. The standard InChI is InChI=1S/C20H21NO4/c1-24-18(22)16-13-17(19(23)25-2)21-20(16,14-9-5-3-6-10-14)15-11-7-4-8-12-15/h3-12,16-17,21H,13H2,1-2H3. The molecular formula is C20H21NO4. The number of esters is 2. The van der Waals surface area contributed by atoms with Gasteiger partial charge in [0.15, 0.2) is 0 Å². The van der Waals surface area contributed by atoms with Gasteiger partial charge in [0.1, 0.15) is 6.04 Å². The number of carbonyl (C=O) groups is 2. The highest BCUT2D eigenvalue weighted by Crippen LogP contribution is 2.45. The molecule has 2 unspecified atom stereocenters. The Kier molecular flexibility index (Phi) is 4.86. The molecule has 3 rings (SSSR count). The summed E-state index contributed by atoms with van der Waals surface area (Å²) in [6.45, 7) is 0. The fourth-order valence-electron chi connectivity index (χ4n) is 3.70. The number of carbonyl (C=O) groups excluding carboxylic acids is 2. The van der Waals surface area contributed by atoms with E-state index in [0.29, 0.717) is 6.42 Å². The van der Waals surface area contributed by atoms with E-state index in [-0.39, 0.29) is 11.9 Å². The van der Waals surface area contributed by atoms with Crippen molar-refractivity contribution in [3.05, 3.63) is 71.8 Å². The van der Waals surface area contributed by atoms with E-state index in [9.17, 15) is 9.59 Å². The van der Waals surface area contributed by atoms with Crippen LogP contribution in [0.25, 0.3) is 0 Å². The van der Waals surface area contributed by atoms with Gasteiger partial charge in [-0.3, -0.25) is 14.9 Å². The van der Waals surface area contributed by atoms with Crippen molar-refractivity contribution in [1.29, 1.82) is 0 Å². The molecule has 1 saturated heterocycles. The van der Waals surface area contributed by atoms with Crippen molar-refractivity contribution in [1.82, 2.24) is 5.32 Å². The molecule has 0 amide bonds. The van der Waals surface area contributed by atoms with Crippen LogP contribution in [0.4, 0.5) is 0 Å². The Hall–Kier alpha value is -2.66. The second kappa shape index (κ2) is 7.07. The Morgan fingerprint density at radius 3 is 1.80 bits per heavy atom. The first-order chi connectivity index (χ1) is 12.1. The average Bonchev–Trinajstić information content (AvgIpc) is 3.10. The zero-order chi connectivity index (χ0) is 17.9. The summed E-state index contributed by atoms with van der Waals surface area (Å²) < 4.78 is 9.97. The van der Waals surface area contributed by atoms with Gasteiger partial charge < -0.3 is 9.47 Å². The maximum atomic E-state index is 12.6. The highest BCUT2D eigenvalue weighted by atomic mass is 16.5. The smallest absolute Gasteiger partial charge is 0.322 e. The van der Waals surface area contributed by atoms with Crippen LogP contribution < -0.4 is 5.32 Å². The van der Waals surface area contributed by atoms with E-state index in [4.69, 9.17) is 9.47 Å². The van der Waals surface area contributed by atoms with Gasteiger partial charge in [-0.1, -0.05) is 60.7 Å². The molecule has 0 saturated carbocycles. The van der Waals surface area contributed by atoms with Crippen LogP contribution in [0, 0.1) is 5.92 Å². The SMILES string of the molecule is COC(=O)C1CC(C(=O)OC)C(c2ccccc2)(c2ccccc2)N1. The lowest BCUT2D eigenvalue weighted by molar-refractivity contribution is -0.147. The molecule has 0 spiro atoms. The fraction of sp³-hybridized carbons (Fsp3) is 0.300. The maximum Gasteiger partial charge on any atom is 0.322 e. The zero-order valence-electron chi connectivity index (χ0n) is 14.3. The van der Waals surface area contributed by atoms with E-state index in [1.807, 2.05) is 60.7 Å². The van der Waals surface area contributed by atoms with Gasteiger partial charge in [-0.2, -0.15) is 0 Å². The maximum absolute atomic E-state index is 12.6. The summed E-state index contributed by atoms with van der Waals surface area (Å²) in [5, 5.41) is 3.38. The Labute approximate surface area is 147 Å². The molecule has 2 atom stereocenters. The minimum atomic E-state index is -0.853. The van der Waals surface area contributed by atoms with E-state index in [1.54, 1.807) is 0 Å². The summed E-state index contributed by atoms with van der Waals surface area (Å²) in [5.41, 5.74) is 0.958. The van der Waals surface area contributed by atoms with Crippen molar-refractivity contribution in [2.24, 2.45) is 5.92 Å². The molecule has 130 valence electrons. The molecule has 5 nitrogen and oxygen atoms in total. The summed E-state index contributed by atoms with van der Waals surface area (Å²) in [4.78, 5) is 24.8. The normalized spacial score (nSPS) is 21.5. The summed E-state index contributed by atoms with van der Waals surface area (Å²) in [6.07, 6.45) is 0.309. The summed E-state index contributed by atoms with van der Waals surface area (Å²) in [5.74, 6) is -1.29. The molecular weight excluding hydrogens is 318 g/mol. The molecule has 2 aromatic carbocycles. The predicted molar refractivity (Wildman–Crippen MR) is 92.7 cm³/mol. The fourth-order valence-corrected chi connectivity index (χ4v) is 3.70. The molecule has 25 heavy (non-hydrogen) atoms. The first kappa shape index (κ1) is 17.2. The van der Waals surface area contributed by atoms with Crippen LogP contribution in [0.5, 0.6) is 0 Å². The number of nitrogens with one attached hydrogen (secondary N) is 1. The monoisotopic (exact) mass is 339 g/mol. The molecule has 0 radical (unpaired) electrons. The number of methoxy groups -OCH3 is 2. The van der Waals surface area contributed by atoms with E-state index in [0.717, 1.165) is 11.1 Å². The largest absolute Gasteiger partial charge is 0.469 e. The first-order valence-electron chi connectivity index (χ1n) is 8.18. The van der Waals surface area contributed by atoms with Gasteiger partial charge in [-0.05, 0) is 17.5 Å². The quantitative estimate of drug-likeness (QED) is 0.866. The molecule has 0 aliphatic carbocycles. The summed E-state index contributed by atoms with van der Waals surface area (Å²) in [6, 6.07) is 18.7. The molecule has 2 aromatic rings. The van der Waals surface area contributed by atoms with Gasteiger partial charge in [0.2, 0.25) is 0 Å². The molecule has 0 aromatic heterocycles. The van der Waals surface area contributed by atoms with E-state index in [2.05, 4.69) is 5.32 Å². The predicted octanol–water partition coefficient (Wildman–Crippen LogP) is 2.25. The van der Waals surface area contributed by atoms with Crippen molar-refractivity contribution in [3.8, 4) is 0 Å². The lowest BCUT2D eigenvalue weighted by Gasteiger charge is -2.36. The molecule has 0 bridgehead atoms. The van der Waals surface area contributed by atoms with Crippen molar-refractivity contribution in [2.45, 2.75) is 18.0 Å². The minimum Gasteiger partial charge on any atom is -0.469 e. The third-order valence-electron chi connectivity index (χ3n) is 4.83. The van der Waals surface area contributed by atoms with Gasteiger partial charge in [-0.25, -0.2) is 0 Å². The first-order valence-corrected chi connectivity index (χ1v) is 8.18. The highest BCUT2D eigenvalue weighted by molar-refractivity contribution is 5.82. The van der Waals surface area contributed by atoms with E-state index < -0.39 is 17.5 Å². The molecule has 1 aliphatic heterocycles. The van der Waals surface area contributed by atoms with E-state index >= 15 is 0 Å². The Morgan fingerprint density at radius 2 is 1.36 bits per heavy atom. The highest BCUT2D eigenvalue weighted by Gasteiger charge is 2.55. The number of ether oxygens (including phenoxy) is 2. The number of benzene rings is 2. The van der Waals surface area contributed by atoms with Crippen LogP contribution in [-0.2, 0) is 24.6 Å². The Morgan fingerprint density at radius 1 is 0.880 bits per heavy atom. The second-order valence-corrected chi connectivity index (χ2v) is 6.07. The van der Waals surface area contributed by atoms with Crippen LogP contribution >= 0.6 is 0 Å². The summed E-state index contributed by atoms with van der Waals surface area (Å²) >= 11 is 0. The Balaban J connectivity index is 2.20. The molecule has 5 heteroatoms. The van der Waals surface area contributed by atoms with Gasteiger partial charge in [0.25, 0.3) is 0 Å². The number of rotatable bonds is 4. The Bertz CT molecular complexity index is 705. The number of hydrogen-bond donors (Lipinski definition) is 1. The molecule has 1 N–H and O–H groups in total. The molecule has 1 fully saturated rings. The number of hydrogen-bond acceptors (Lipinski definition) is 5. The average molecular weight is 339 g/mol. The van der Waals surface area contributed by atoms with Crippen LogP contribution in [0.2, 0.25) is 0 Å². The van der Waals surface area contributed by atoms with E-state index in [1.165, 1.54) is 14.2 Å². The van der Waals surface area contributed by atoms with Crippen LogP contribution in [-0.4, -0.2) is 32.2 Å². The topological polar surface area (TPSA) is 64.6 Å². The van der Waals surface area contributed by atoms with Gasteiger partial charge in [-0.15, -0.1) is 0 Å². The lowest BCUT2D eigenvalue weighted by Crippen LogP contribution is -2.49. The van der Waals surface area contributed by atoms with Crippen LogP contribution in [0.15, 0.2) is 60.7 Å². The van der Waals surface area contributed by atoms with Crippen molar-refractivity contribution >= 4 is 11.9 Å². The molecule has 1 heterocycles. The lowest BCUT2D eigenvalue weighted by atomic mass is 9.74. The zero-order valence-corrected chi connectivity index (χ0v) is 14.3. The van der Waals surface area contributed by atoms with Gasteiger partial charge in [0, 0.05) is 0 Å². The molecule has 1 aliphatic rings. The minimum absolute atomic E-state index is 0.309. The van der Waals surface area contributed by atoms with Gasteiger partial charge in [0.05, 0.1) is 25.7 Å². The van der Waals surface area contributed by atoms with Crippen molar-refractivity contribution in [2.75, 3.05) is 14.2 Å².